The summed E-state index contributed by atoms with van der Waals surface area (Å²) in [5, 5.41) is 7.89. The van der Waals surface area contributed by atoms with E-state index in [1.165, 1.54) is 0 Å². The van der Waals surface area contributed by atoms with Gasteiger partial charge in [0.05, 0.1) is 11.0 Å². The van der Waals surface area contributed by atoms with Gasteiger partial charge in [0.15, 0.2) is 0 Å². The Kier molecular flexibility index (Phi) is 4.57. The molecule has 0 aliphatic heterocycles. The highest BCUT2D eigenvalue weighted by Gasteiger charge is 2.22. The number of benzene rings is 10. The van der Waals surface area contributed by atoms with E-state index < -0.39 is 24.2 Å². The first-order chi connectivity index (χ1) is 28.6. The molecule has 11 rings (SSSR count). The lowest BCUT2D eigenvalue weighted by Crippen LogP contribution is -1.93. The van der Waals surface area contributed by atoms with E-state index in [1.807, 2.05) is 109 Å². The fraction of sp³-hybridized carbons (Fsp3) is 0. The number of rotatable bonds is 3. The molecule has 10 aromatic carbocycles. The van der Waals surface area contributed by atoms with E-state index in [0.717, 1.165) is 48.8 Å². The summed E-state index contributed by atoms with van der Waals surface area (Å²) in [4.78, 5) is 0. The van der Waals surface area contributed by atoms with Crippen molar-refractivity contribution in [2.75, 3.05) is 0 Å². The minimum atomic E-state index is -0.443. The lowest BCUT2D eigenvalue weighted by Gasteiger charge is -2.20. The van der Waals surface area contributed by atoms with Crippen LogP contribution >= 0.6 is 0 Å². The molecule has 0 spiro atoms. The molecular weight excluding hydrogens is 617 g/mol. The number of fused-ring (bicyclic) bond motifs is 8. The van der Waals surface area contributed by atoms with Crippen molar-refractivity contribution in [2.24, 2.45) is 0 Å². The van der Waals surface area contributed by atoms with E-state index >= 15 is 0 Å². The Hall–Kier alpha value is -6.70. The van der Waals surface area contributed by atoms with Gasteiger partial charge in [-0.15, -0.1) is 0 Å². The maximum atomic E-state index is 9.60. The Morgan fingerprint density at radius 3 is 1.53 bits per heavy atom. The summed E-state index contributed by atoms with van der Waals surface area (Å²) in [5.41, 5.74) is 4.86. The van der Waals surface area contributed by atoms with E-state index in [-0.39, 0.29) is 51.3 Å². The second kappa shape index (κ2) is 10.9. The number of hydrogen-bond acceptors (Lipinski definition) is 1. The first kappa shape index (κ1) is 21.4. The third kappa shape index (κ3) is 4.16. The Morgan fingerprint density at radius 2 is 0.824 bits per heavy atom. The molecule has 1 nitrogen and oxygen atoms in total. The van der Waals surface area contributed by atoms with Gasteiger partial charge in [0.25, 0.3) is 0 Å². The molecule has 0 atom stereocenters. The van der Waals surface area contributed by atoms with Gasteiger partial charge < -0.3 is 4.42 Å². The monoisotopic (exact) mass is 654 g/mol. The molecule has 0 radical (unpaired) electrons. The molecular formula is C50H30O. The van der Waals surface area contributed by atoms with Crippen molar-refractivity contribution in [2.45, 2.75) is 0 Å². The zero-order valence-corrected chi connectivity index (χ0v) is 27.1. The van der Waals surface area contributed by atoms with Gasteiger partial charge in [-0.05, 0) is 105 Å². The van der Waals surface area contributed by atoms with Crippen molar-refractivity contribution >= 4 is 75.8 Å². The lowest BCUT2D eigenvalue weighted by molar-refractivity contribution is 0.669. The van der Waals surface area contributed by atoms with E-state index in [1.54, 1.807) is 0 Å². The number of hydrogen-bond donors (Lipinski definition) is 0. The maximum absolute atomic E-state index is 9.60. The van der Waals surface area contributed by atoms with Crippen LogP contribution in [0.2, 0.25) is 0 Å². The van der Waals surface area contributed by atoms with Crippen LogP contribution in [0.3, 0.4) is 0 Å². The average molecular weight is 655 g/mol. The molecule has 0 bridgehead atoms. The van der Waals surface area contributed by atoms with Crippen LogP contribution in [0.1, 0.15) is 11.0 Å². The van der Waals surface area contributed by atoms with Crippen molar-refractivity contribution in [3.05, 3.63) is 182 Å². The number of furan rings is 1. The SMILES string of the molecule is [2H]c1c([2H])c([2H])c2c(-c3cccc4oc5cc6ccccc6cc5c34)c3c([2H])c([2H])c([2H])c([2H])c3c(-c3ccc(-c4cccc5ccccc45)c4ccccc34)c2c1[2H]. The average Bonchev–Trinajstić information content (AvgIpc) is 3.64. The standard InChI is InChI=1S/C50H30O/c1-2-15-33-30-47-45(29-32(33)14-1)50-44(25-12-26-46(50)51-47)49-41-22-9-7-20-39(41)48(40-21-8-10-23-42(40)49)43-28-27-38(36-18-5-6-19-37(36)43)35-24-11-16-31-13-3-4-17-34(31)35/h1-30H/i7D,8D,9D,10D,20D,21D,22D,23D. The van der Waals surface area contributed by atoms with Crippen molar-refractivity contribution in [3.8, 4) is 33.4 Å². The van der Waals surface area contributed by atoms with E-state index in [2.05, 4.69) is 24.3 Å². The fourth-order valence-corrected chi connectivity index (χ4v) is 8.10. The molecule has 0 amide bonds. The van der Waals surface area contributed by atoms with Crippen LogP contribution < -0.4 is 0 Å². The molecule has 0 saturated carbocycles. The molecule has 236 valence electrons. The predicted molar refractivity (Wildman–Crippen MR) is 218 cm³/mol. The molecule has 1 heterocycles. The minimum Gasteiger partial charge on any atom is -0.456 e. The van der Waals surface area contributed by atoms with Crippen LogP contribution in [0, 0.1) is 0 Å². The summed E-state index contributed by atoms with van der Waals surface area (Å²) >= 11 is 0. The summed E-state index contributed by atoms with van der Waals surface area (Å²) in [6, 6.07) is 40.6. The van der Waals surface area contributed by atoms with Crippen LogP contribution in [0.5, 0.6) is 0 Å². The normalized spacial score (nSPS) is 14.1. The van der Waals surface area contributed by atoms with Crippen molar-refractivity contribution in [1.82, 2.24) is 0 Å². The van der Waals surface area contributed by atoms with Gasteiger partial charge in [0, 0.05) is 10.8 Å². The highest BCUT2D eigenvalue weighted by molar-refractivity contribution is 6.28. The van der Waals surface area contributed by atoms with Crippen LogP contribution in [0.15, 0.2) is 186 Å². The fourth-order valence-electron chi connectivity index (χ4n) is 8.10. The summed E-state index contributed by atoms with van der Waals surface area (Å²) < 4.78 is 80.8. The van der Waals surface area contributed by atoms with Crippen molar-refractivity contribution < 1.29 is 15.4 Å². The van der Waals surface area contributed by atoms with Crippen LogP contribution in [0.4, 0.5) is 0 Å². The molecule has 0 unspecified atom stereocenters. The topological polar surface area (TPSA) is 13.1 Å². The van der Waals surface area contributed by atoms with Gasteiger partial charge in [-0.2, -0.15) is 0 Å². The predicted octanol–water partition coefficient (Wildman–Crippen LogP) is 14.4. The third-order valence-corrected chi connectivity index (χ3v) is 10.3. The molecule has 0 fully saturated rings. The Labute approximate surface area is 305 Å². The highest BCUT2D eigenvalue weighted by atomic mass is 16.3. The van der Waals surface area contributed by atoms with Crippen LogP contribution in [0.25, 0.3) is 109 Å². The molecule has 0 aliphatic rings. The van der Waals surface area contributed by atoms with Gasteiger partial charge >= 0.3 is 0 Å². The van der Waals surface area contributed by atoms with Crippen molar-refractivity contribution in [1.29, 1.82) is 0 Å². The molecule has 0 N–H and O–H groups in total. The lowest BCUT2D eigenvalue weighted by atomic mass is 9.83. The van der Waals surface area contributed by atoms with Gasteiger partial charge in [-0.25, -0.2) is 0 Å². The zero-order chi connectivity index (χ0) is 40.4. The first-order valence-electron chi connectivity index (χ1n) is 20.9. The largest absolute Gasteiger partial charge is 0.456 e. The van der Waals surface area contributed by atoms with Crippen molar-refractivity contribution in [3.63, 3.8) is 0 Å². The quantitative estimate of drug-likeness (QED) is 0.173. The van der Waals surface area contributed by atoms with Gasteiger partial charge in [0.2, 0.25) is 0 Å². The molecule has 11 aromatic rings. The molecule has 1 aromatic heterocycles. The summed E-state index contributed by atoms with van der Waals surface area (Å²) in [5.74, 6) is 0. The summed E-state index contributed by atoms with van der Waals surface area (Å²) in [7, 11) is 0. The molecule has 51 heavy (non-hydrogen) atoms. The van der Waals surface area contributed by atoms with Crippen LogP contribution in [-0.4, -0.2) is 0 Å². The van der Waals surface area contributed by atoms with Gasteiger partial charge in [-0.1, -0.05) is 164 Å². The molecule has 0 saturated heterocycles. The Morgan fingerprint density at radius 1 is 0.333 bits per heavy atom. The first-order valence-corrected chi connectivity index (χ1v) is 16.9. The van der Waals surface area contributed by atoms with Gasteiger partial charge in [-0.3, -0.25) is 0 Å². The second-order valence-electron chi connectivity index (χ2n) is 13.0. The van der Waals surface area contributed by atoms with E-state index in [9.17, 15) is 5.48 Å². The third-order valence-electron chi connectivity index (χ3n) is 10.3. The molecule has 0 aliphatic carbocycles. The smallest absolute Gasteiger partial charge is 0.136 e. The minimum absolute atomic E-state index is 0.161. The highest BCUT2D eigenvalue weighted by Crippen LogP contribution is 2.49. The maximum Gasteiger partial charge on any atom is 0.136 e. The summed E-state index contributed by atoms with van der Waals surface area (Å²) in [6.45, 7) is 0. The van der Waals surface area contributed by atoms with E-state index in [0.29, 0.717) is 33.2 Å². The van der Waals surface area contributed by atoms with Crippen LogP contribution in [-0.2, 0) is 0 Å². The second-order valence-corrected chi connectivity index (χ2v) is 13.0. The summed E-state index contributed by atoms with van der Waals surface area (Å²) in [6.07, 6.45) is 0. The van der Waals surface area contributed by atoms with E-state index in [4.69, 9.17) is 9.90 Å². The van der Waals surface area contributed by atoms with Gasteiger partial charge in [0.1, 0.15) is 11.2 Å². The molecule has 1 heteroatoms. The Bertz CT molecular complexity index is 3580. The Balaban J connectivity index is 1.36. The zero-order valence-electron chi connectivity index (χ0n) is 35.1.